The van der Waals surface area contributed by atoms with Gasteiger partial charge in [-0.25, -0.2) is 0 Å². The van der Waals surface area contributed by atoms with Gasteiger partial charge in [-0.05, 0) is 30.3 Å². The largest absolute Gasteiger partial charge is 0.490 e. The van der Waals surface area contributed by atoms with Gasteiger partial charge in [-0.15, -0.1) is 0 Å². The third kappa shape index (κ3) is 3.34. The van der Waals surface area contributed by atoms with Crippen molar-refractivity contribution in [2.45, 2.75) is 18.9 Å². The van der Waals surface area contributed by atoms with Gasteiger partial charge in [0, 0.05) is 36.1 Å². The van der Waals surface area contributed by atoms with E-state index in [0.29, 0.717) is 6.10 Å². The molecule has 3 heteroatoms. The molecular weight excluding hydrogens is 314 g/mol. The minimum Gasteiger partial charge on any atom is -0.490 e. The summed E-state index contributed by atoms with van der Waals surface area (Å²) < 4.78 is 7.13. The molecule has 2 aromatic carbocycles. The van der Waals surface area contributed by atoms with Crippen LogP contribution in [0.2, 0.25) is 0 Å². The van der Waals surface area contributed by atoms with Crippen molar-refractivity contribution in [2.24, 2.45) is 0 Å². The van der Waals surface area contributed by atoms with Crippen LogP contribution in [0.5, 0.6) is 5.75 Å². The molecule has 0 amide bonds. The van der Waals surface area contributed by atoms with Crippen LogP contribution in [0, 0.1) is 0 Å². The first-order chi connectivity index (χ1) is 9.81. The van der Waals surface area contributed by atoms with Crippen LogP contribution in [0.25, 0.3) is 0 Å². The zero-order chi connectivity index (χ0) is 13.8. The van der Waals surface area contributed by atoms with E-state index in [2.05, 4.69) is 51.2 Å². The van der Waals surface area contributed by atoms with Gasteiger partial charge in [-0.1, -0.05) is 40.2 Å². The van der Waals surface area contributed by atoms with Crippen molar-refractivity contribution in [2.75, 3.05) is 18.0 Å². The molecule has 0 aromatic heterocycles. The zero-order valence-corrected chi connectivity index (χ0v) is 12.9. The summed E-state index contributed by atoms with van der Waals surface area (Å²) in [5, 5.41) is 0. The summed E-state index contributed by atoms with van der Waals surface area (Å²) in [6.45, 7) is 2.12. The second-order valence-corrected chi connectivity index (χ2v) is 6.01. The maximum Gasteiger partial charge on any atom is 0.120 e. The molecule has 20 heavy (non-hydrogen) atoms. The van der Waals surface area contributed by atoms with Crippen LogP contribution in [0.15, 0.2) is 59.1 Å². The van der Waals surface area contributed by atoms with E-state index in [4.69, 9.17) is 4.74 Å². The van der Waals surface area contributed by atoms with Crippen molar-refractivity contribution < 1.29 is 4.74 Å². The molecule has 0 saturated carbocycles. The Morgan fingerprint density at radius 1 is 0.950 bits per heavy atom. The number of benzene rings is 2. The van der Waals surface area contributed by atoms with Crippen molar-refractivity contribution in [3.63, 3.8) is 0 Å². The Labute approximate surface area is 128 Å². The van der Waals surface area contributed by atoms with E-state index in [-0.39, 0.29) is 0 Å². The van der Waals surface area contributed by atoms with E-state index in [9.17, 15) is 0 Å². The summed E-state index contributed by atoms with van der Waals surface area (Å²) in [7, 11) is 0. The van der Waals surface area contributed by atoms with Crippen molar-refractivity contribution in [1.82, 2.24) is 0 Å². The highest BCUT2D eigenvalue weighted by atomic mass is 79.9. The van der Waals surface area contributed by atoms with Gasteiger partial charge in [0.15, 0.2) is 0 Å². The molecule has 0 atom stereocenters. The van der Waals surface area contributed by atoms with E-state index < -0.39 is 0 Å². The maximum absolute atomic E-state index is 6.06. The monoisotopic (exact) mass is 331 g/mol. The molecule has 0 N–H and O–H groups in total. The van der Waals surface area contributed by atoms with E-state index >= 15 is 0 Å². The molecule has 0 aliphatic carbocycles. The summed E-state index contributed by atoms with van der Waals surface area (Å²) in [6.07, 6.45) is 2.47. The molecule has 1 aliphatic rings. The molecule has 1 saturated heterocycles. The van der Waals surface area contributed by atoms with Crippen molar-refractivity contribution in [3.05, 3.63) is 59.1 Å². The first kappa shape index (κ1) is 13.5. The molecule has 0 radical (unpaired) electrons. The standard InChI is InChI=1S/C17H18BrNO/c18-14-5-4-8-17(13-14)20-16-9-11-19(12-10-16)15-6-2-1-3-7-15/h1-8,13,16H,9-12H2. The molecule has 0 bridgehead atoms. The van der Waals surface area contributed by atoms with Crippen LogP contribution in [0.3, 0.4) is 0 Å². The van der Waals surface area contributed by atoms with E-state index in [1.165, 1.54) is 5.69 Å². The number of para-hydroxylation sites is 1. The predicted molar refractivity (Wildman–Crippen MR) is 86.4 cm³/mol. The number of hydrogen-bond donors (Lipinski definition) is 0. The molecular formula is C17H18BrNO. The van der Waals surface area contributed by atoms with E-state index in [0.717, 1.165) is 36.2 Å². The van der Waals surface area contributed by atoms with Crippen LogP contribution in [-0.2, 0) is 0 Å². The first-order valence-corrected chi connectivity index (χ1v) is 7.83. The molecule has 3 rings (SSSR count). The van der Waals surface area contributed by atoms with Crippen LogP contribution < -0.4 is 9.64 Å². The normalized spacial score (nSPS) is 16.1. The topological polar surface area (TPSA) is 12.5 Å². The van der Waals surface area contributed by atoms with E-state index in [1.54, 1.807) is 0 Å². The molecule has 104 valence electrons. The van der Waals surface area contributed by atoms with Gasteiger partial charge in [0.05, 0.1) is 0 Å². The number of rotatable bonds is 3. The van der Waals surface area contributed by atoms with Gasteiger partial charge in [0.25, 0.3) is 0 Å². The quantitative estimate of drug-likeness (QED) is 0.821. The Kier molecular flexibility index (Phi) is 4.26. The minimum atomic E-state index is 0.323. The molecule has 2 aromatic rings. The lowest BCUT2D eigenvalue weighted by Crippen LogP contribution is -2.38. The Hall–Kier alpha value is -1.48. The minimum absolute atomic E-state index is 0.323. The van der Waals surface area contributed by atoms with Crippen LogP contribution >= 0.6 is 15.9 Å². The fraction of sp³-hybridized carbons (Fsp3) is 0.294. The van der Waals surface area contributed by atoms with Crippen molar-refractivity contribution in [1.29, 1.82) is 0 Å². The van der Waals surface area contributed by atoms with Crippen molar-refractivity contribution >= 4 is 21.6 Å². The maximum atomic E-state index is 6.06. The molecule has 1 fully saturated rings. The second-order valence-electron chi connectivity index (χ2n) is 5.10. The van der Waals surface area contributed by atoms with E-state index in [1.807, 2.05) is 24.3 Å². The lowest BCUT2D eigenvalue weighted by atomic mass is 10.1. The summed E-state index contributed by atoms with van der Waals surface area (Å²) in [6, 6.07) is 18.7. The highest BCUT2D eigenvalue weighted by Crippen LogP contribution is 2.24. The average molecular weight is 332 g/mol. The molecule has 1 aliphatic heterocycles. The van der Waals surface area contributed by atoms with Gasteiger partial charge in [0.1, 0.15) is 11.9 Å². The lowest BCUT2D eigenvalue weighted by molar-refractivity contribution is 0.171. The summed E-state index contributed by atoms with van der Waals surface area (Å²) in [5.41, 5.74) is 1.31. The molecule has 0 unspecified atom stereocenters. The van der Waals surface area contributed by atoms with Gasteiger partial charge >= 0.3 is 0 Å². The number of anilines is 1. The smallest absolute Gasteiger partial charge is 0.120 e. The molecule has 2 nitrogen and oxygen atoms in total. The Morgan fingerprint density at radius 3 is 2.40 bits per heavy atom. The molecule has 0 spiro atoms. The van der Waals surface area contributed by atoms with Crippen molar-refractivity contribution in [3.8, 4) is 5.75 Å². The van der Waals surface area contributed by atoms with Gasteiger partial charge in [-0.2, -0.15) is 0 Å². The number of nitrogens with zero attached hydrogens (tertiary/aromatic N) is 1. The van der Waals surface area contributed by atoms with Gasteiger partial charge < -0.3 is 9.64 Å². The Morgan fingerprint density at radius 2 is 1.70 bits per heavy atom. The number of halogens is 1. The summed E-state index contributed by atoms with van der Waals surface area (Å²) in [5.74, 6) is 0.956. The highest BCUT2D eigenvalue weighted by Gasteiger charge is 2.20. The third-order valence-corrected chi connectivity index (χ3v) is 4.16. The Balaban J connectivity index is 1.56. The summed E-state index contributed by atoms with van der Waals surface area (Å²) in [4.78, 5) is 2.43. The second kappa shape index (κ2) is 6.31. The zero-order valence-electron chi connectivity index (χ0n) is 11.3. The number of piperidine rings is 1. The van der Waals surface area contributed by atoms with Crippen LogP contribution in [-0.4, -0.2) is 19.2 Å². The third-order valence-electron chi connectivity index (χ3n) is 3.66. The SMILES string of the molecule is Brc1cccc(OC2CCN(c3ccccc3)CC2)c1. The molecule has 1 heterocycles. The van der Waals surface area contributed by atoms with Crippen LogP contribution in [0.1, 0.15) is 12.8 Å². The first-order valence-electron chi connectivity index (χ1n) is 7.03. The fourth-order valence-corrected chi connectivity index (χ4v) is 2.98. The van der Waals surface area contributed by atoms with Gasteiger partial charge in [-0.3, -0.25) is 0 Å². The number of hydrogen-bond acceptors (Lipinski definition) is 2. The van der Waals surface area contributed by atoms with Crippen LogP contribution in [0.4, 0.5) is 5.69 Å². The fourth-order valence-electron chi connectivity index (χ4n) is 2.60. The number of ether oxygens (including phenoxy) is 1. The Bertz CT molecular complexity index is 550. The average Bonchev–Trinajstić information content (AvgIpc) is 2.49. The predicted octanol–water partition coefficient (Wildman–Crippen LogP) is 4.50. The van der Waals surface area contributed by atoms with Gasteiger partial charge in [0.2, 0.25) is 0 Å². The highest BCUT2D eigenvalue weighted by molar-refractivity contribution is 9.10. The summed E-state index contributed by atoms with van der Waals surface area (Å²) >= 11 is 3.48. The lowest BCUT2D eigenvalue weighted by Gasteiger charge is -2.33.